The number of esters is 1. The fourth-order valence-corrected chi connectivity index (χ4v) is 11.8. The number of carbonyl (C=O) groups is 4. The average Bonchev–Trinajstić information content (AvgIpc) is 3.81. The molecule has 6 aromatic rings. The molecule has 18 nitrogen and oxygen atoms in total. The zero-order valence-electron chi connectivity index (χ0n) is 37.6. The number of methoxy groups -OCH3 is 1. The number of ether oxygens (including phenoxy) is 1. The van der Waals surface area contributed by atoms with Crippen molar-refractivity contribution in [3.63, 3.8) is 0 Å². The lowest BCUT2D eigenvalue weighted by Gasteiger charge is -2.25. The molecular formula is C43H42F8N12O6S2. The van der Waals surface area contributed by atoms with Gasteiger partial charge in [-0.1, -0.05) is 0 Å². The van der Waals surface area contributed by atoms with Crippen molar-refractivity contribution in [3.05, 3.63) is 77.9 Å². The van der Waals surface area contributed by atoms with Crippen LogP contribution in [0.25, 0.3) is 0 Å². The van der Waals surface area contributed by atoms with Crippen LogP contribution < -0.4 is 10.6 Å². The highest BCUT2D eigenvalue weighted by molar-refractivity contribution is 7.13. The third-order valence-electron chi connectivity index (χ3n) is 13.0. The molecule has 4 atom stereocenters. The number of hydrogen-bond donors (Lipinski definition) is 3. The number of hydrogen-bond acceptors (Lipinski definition) is 15. The van der Waals surface area contributed by atoms with Gasteiger partial charge in [0.1, 0.15) is 47.2 Å². The van der Waals surface area contributed by atoms with E-state index in [0.717, 1.165) is 9.75 Å². The predicted octanol–water partition coefficient (Wildman–Crippen LogP) is 7.99. The lowest BCUT2D eigenvalue weighted by Crippen LogP contribution is -2.21. The Morgan fingerprint density at radius 1 is 0.732 bits per heavy atom. The van der Waals surface area contributed by atoms with Gasteiger partial charge in [0, 0.05) is 83.5 Å². The maximum atomic E-state index is 13.4. The van der Waals surface area contributed by atoms with Crippen LogP contribution in [-0.4, -0.2) is 96.7 Å². The molecular weight excluding hydrogens is 997 g/mol. The first-order chi connectivity index (χ1) is 33.6. The molecule has 0 saturated heterocycles. The number of fused-ring (bicyclic) bond motifs is 2. The number of carboxylic acids is 1. The molecule has 2 fully saturated rings. The highest BCUT2D eigenvalue weighted by Gasteiger charge is 2.61. The molecule has 6 heterocycles. The van der Waals surface area contributed by atoms with Crippen molar-refractivity contribution in [1.82, 2.24) is 49.1 Å². The summed E-state index contributed by atoms with van der Waals surface area (Å²) in [5.41, 5.74) is 0.787. The molecule has 0 radical (unpaired) electrons. The number of rotatable bonds is 16. The second kappa shape index (κ2) is 18.9. The van der Waals surface area contributed by atoms with E-state index in [-0.39, 0.29) is 53.5 Å². The Balaban J connectivity index is 0.000000176. The first-order valence-corrected chi connectivity index (χ1v) is 23.6. The molecule has 0 unspecified atom stereocenters. The number of thiophene rings is 2. The number of carbonyl (C=O) groups excluding carboxylic acids is 3. The standard InChI is InChI=1S/C22H22F4N6O3S.C21H20F4N6O3S/c1-31-17(6-13(30-31)19(23)24)28-21-29-27-9-32(21)10-3-4-15-11(5-10)18(20(34)35-2)16(36-15)7-14(33)12-8-22(12,25)26;1-30-16(5-12(29-30)18(22)23)27-20-28-26-8-31(20)9-2-3-14-10(4-9)17(19(33)34)15(35-14)6-13(32)11-7-21(11,24)25/h6,9-10,12,19H,3-5,7-8H2,1-2H3,(H,28,29);5,8-9,11,18H,2-4,6-7H2,1H3,(H,27,28)(H,33,34)/t10-,12+;9-,11+/m00/s1. The second-order valence-electron chi connectivity index (χ2n) is 17.6. The van der Waals surface area contributed by atoms with E-state index in [1.54, 1.807) is 9.13 Å². The van der Waals surface area contributed by atoms with Crippen molar-refractivity contribution in [2.24, 2.45) is 25.9 Å². The molecule has 28 heteroatoms. The predicted molar refractivity (Wildman–Crippen MR) is 236 cm³/mol. The van der Waals surface area contributed by atoms with E-state index in [9.17, 15) is 59.4 Å². The second-order valence-corrected chi connectivity index (χ2v) is 20.0. The summed E-state index contributed by atoms with van der Waals surface area (Å²) in [4.78, 5) is 51.9. The Kier molecular flexibility index (Phi) is 13.1. The van der Waals surface area contributed by atoms with Crippen LogP contribution in [-0.2, 0) is 66.9 Å². The Morgan fingerprint density at radius 3 is 1.51 bits per heavy atom. The lowest BCUT2D eigenvalue weighted by molar-refractivity contribution is -0.122. The number of anilines is 4. The van der Waals surface area contributed by atoms with Gasteiger partial charge in [-0.05, 0) is 49.7 Å². The molecule has 4 aliphatic rings. The normalized spacial score (nSPS) is 20.5. The summed E-state index contributed by atoms with van der Waals surface area (Å²) >= 11 is 2.48. The van der Waals surface area contributed by atoms with E-state index >= 15 is 0 Å². The van der Waals surface area contributed by atoms with E-state index in [0.29, 0.717) is 71.2 Å². The average molecular weight is 1040 g/mol. The van der Waals surface area contributed by atoms with Crippen LogP contribution in [0.3, 0.4) is 0 Å². The van der Waals surface area contributed by atoms with Crippen molar-refractivity contribution in [2.75, 3.05) is 17.7 Å². The van der Waals surface area contributed by atoms with Gasteiger partial charge in [0.15, 0.2) is 0 Å². The third kappa shape index (κ3) is 9.90. The summed E-state index contributed by atoms with van der Waals surface area (Å²) in [6.45, 7) is 0. The Hall–Kier alpha value is -6.58. The number of halogens is 8. The van der Waals surface area contributed by atoms with Gasteiger partial charge in [0.2, 0.25) is 11.9 Å². The minimum absolute atomic E-state index is 0.00260. The minimum Gasteiger partial charge on any atom is -0.478 e. The summed E-state index contributed by atoms with van der Waals surface area (Å²) in [5.74, 6) is -10.4. The summed E-state index contributed by atoms with van der Waals surface area (Å²) in [7, 11) is 4.26. The van der Waals surface area contributed by atoms with Crippen LogP contribution in [0.4, 0.5) is 58.7 Å². The van der Waals surface area contributed by atoms with Gasteiger partial charge in [-0.25, -0.2) is 44.7 Å². The van der Waals surface area contributed by atoms with E-state index in [1.807, 2.05) is 0 Å². The SMILES string of the molecule is COC(=O)c1c(CC(=O)[C@H]2CC2(F)F)sc2c1C[C@@H](n1cnnc1Nc1cc(C(F)F)nn1C)CC2.Cn1nc(C(F)F)cc1Nc1nncn1[C@H]1CCc2sc(CC(=O)[C@H]3CC3(F)F)c(C(=O)O)c2C1. The van der Waals surface area contributed by atoms with Crippen LogP contribution >= 0.6 is 22.7 Å². The molecule has 6 aromatic heterocycles. The molecule has 71 heavy (non-hydrogen) atoms. The van der Waals surface area contributed by atoms with Crippen molar-refractivity contribution in [2.45, 2.75) is 101 Å². The Labute approximate surface area is 404 Å². The molecule has 0 amide bonds. The molecule has 3 N–H and O–H groups in total. The van der Waals surface area contributed by atoms with Crippen LogP contribution in [0.1, 0.15) is 113 Å². The van der Waals surface area contributed by atoms with Crippen LogP contribution in [0, 0.1) is 11.8 Å². The van der Waals surface area contributed by atoms with Crippen LogP contribution in [0.5, 0.6) is 0 Å². The number of aryl methyl sites for hydroxylation is 4. The van der Waals surface area contributed by atoms with Gasteiger partial charge in [-0.15, -0.1) is 43.1 Å². The highest BCUT2D eigenvalue weighted by Crippen LogP contribution is 2.51. The first kappa shape index (κ1) is 49.4. The third-order valence-corrected chi connectivity index (χ3v) is 15.6. The van der Waals surface area contributed by atoms with Crippen LogP contribution in [0.15, 0.2) is 24.8 Å². The number of nitrogens with zero attached hydrogens (tertiary/aromatic N) is 10. The smallest absolute Gasteiger partial charge is 0.339 e. The largest absolute Gasteiger partial charge is 0.478 e. The minimum atomic E-state index is -3.00. The number of aromatic carboxylic acids is 1. The molecule has 10 rings (SSSR count). The van der Waals surface area contributed by atoms with E-state index in [2.05, 4.69) is 41.2 Å². The number of Topliss-reactive ketones (excluding diaryl/α,β-unsaturated/α-hetero) is 2. The number of alkyl halides is 8. The van der Waals surface area contributed by atoms with Crippen molar-refractivity contribution in [3.8, 4) is 0 Å². The Morgan fingerprint density at radius 2 is 1.14 bits per heavy atom. The number of aromatic nitrogens is 10. The molecule has 0 bridgehead atoms. The van der Waals surface area contributed by atoms with Gasteiger partial charge < -0.3 is 20.5 Å². The van der Waals surface area contributed by atoms with E-state index < -0.39 is 78.6 Å². The zero-order chi connectivity index (χ0) is 50.8. The first-order valence-electron chi connectivity index (χ1n) is 22.0. The van der Waals surface area contributed by atoms with Gasteiger partial charge in [-0.3, -0.25) is 28.1 Å². The molecule has 378 valence electrons. The van der Waals surface area contributed by atoms with Crippen molar-refractivity contribution >= 4 is 69.7 Å². The van der Waals surface area contributed by atoms with Gasteiger partial charge in [0.05, 0.1) is 30.1 Å². The molecule has 2 saturated carbocycles. The molecule has 0 spiro atoms. The summed E-state index contributed by atoms with van der Waals surface area (Å²) in [5, 5.41) is 39.2. The van der Waals surface area contributed by atoms with E-state index in [1.165, 1.54) is 78.0 Å². The fourth-order valence-electron chi connectivity index (χ4n) is 9.10. The lowest BCUT2D eigenvalue weighted by atomic mass is 9.90. The monoisotopic (exact) mass is 1040 g/mol. The zero-order valence-corrected chi connectivity index (χ0v) is 39.3. The summed E-state index contributed by atoms with van der Waals surface area (Å²) in [6.07, 6.45) is -0.896. The maximum Gasteiger partial charge on any atom is 0.339 e. The highest BCUT2D eigenvalue weighted by atomic mass is 32.1. The number of ketones is 2. The maximum absolute atomic E-state index is 13.4. The van der Waals surface area contributed by atoms with Gasteiger partial charge in [-0.2, -0.15) is 10.2 Å². The number of nitrogens with one attached hydrogen (secondary N) is 2. The van der Waals surface area contributed by atoms with Crippen LogP contribution in [0.2, 0.25) is 0 Å². The number of carboxylic acid groups (broad SMARTS) is 1. The summed E-state index contributed by atoms with van der Waals surface area (Å²) in [6, 6.07) is 2.00. The fraction of sp³-hybridized carbons (Fsp3) is 0.488. The van der Waals surface area contributed by atoms with Crippen molar-refractivity contribution in [1.29, 1.82) is 0 Å². The van der Waals surface area contributed by atoms with Crippen molar-refractivity contribution < 1.29 is 64.1 Å². The summed E-state index contributed by atoms with van der Waals surface area (Å²) < 4.78 is 116. The van der Waals surface area contributed by atoms with E-state index in [4.69, 9.17) is 4.74 Å². The Bertz CT molecular complexity index is 3050. The van der Waals surface area contributed by atoms with Gasteiger partial charge in [0.25, 0.3) is 24.7 Å². The molecule has 0 aliphatic heterocycles. The molecule has 4 aliphatic carbocycles. The topological polar surface area (TPSA) is 219 Å². The van der Waals surface area contributed by atoms with Gasteiger partial charge >= 0.3 is 11.9 Å². The molecule has 0 aromatic carbocycles. The quantitative estimate of drug-likeness (QED) is 0.0619.